The minimum Gasteiger partial charge on any atom is -0.481 e. The predicted octanol–water partition coefficient (Wildman–Crippen LogP) is 1.37. The number of hydrogen-bond acceptors (Lipinski definition) is 6. The number of carbonyl (C=O) groups is 1. The van der Waals surface area contributed by atoms with Gasteiger partial charge in [0.2, 0.25) is 5.88 Å². The average molecular weight is 335 g/mol. The maximum Gasteiger partial charge on any atom is 0.306 e. The third-order valence-electron chi connectivity index (χ3n) is 4.94. The minimum absolute atomic E-state index is 0.175. The van der Waals surface area contributed by atoms with Crippen molar-refractivity contribution in [3.8, 4) is 5.88 Å². The van der Waals surface area contributed by atoms with E-state index in [1.165, 1.54) is 6.33 Å². The van der Waals surface area contributed by atoms with E-state index in [0.717, 1.165) is 57.4 Å². The Labute approximate surface area is 142 Å². The van der Waals surface area contributed by atoms with Crippen LogP contribution < -0.4 is 4.74 Å². The molecular formula is C17H25N3O4. The number of carboxylic acid groups (broad SMARTS) is 1. The number of likely N-dealkylation sites (tertiary alicyclic amines) is 1. The van der Waals surface area contributed by atoms with Gasteiger partial charge in [0.1, 0.15) is 6.33 Å². The van der Waals surface area contributed by atoms with E-state index < -0.39 is 5.97 Å². The number of carboxylic acids is 1. The molecule has 3 rings (SSSR count). The quantitative estimate of drug-likeness (QED) is 0.840. The molecule has 2 saturated heterocycles. The first kappa shape index (κ1) is 17.1. The van der Waals surface area contributed by atoms with Crippen LogP contribution in [0.15, 0.2) is 12.4 Å². The van der Waals surface area contributed by atoms with Crippen molar-refractivity contribution in [2.75, 3.05) is 26.7 Å². The first-order chi connectivity index (χ1) is 11.6. The van der Waals surface area contributed by atoms with Crippen LogP contribution in [0.2, 0.25) is 0 Å². The summed E-state index contributed by atoms with van der Waals surface area (Å²) in [6.45, 7) is 2.60. The lowest BCUT2D eigenvalue weighted by Gasteiger charge is -2.31. The second-order valence-corrected chi connectivity index (χ2v) is 6.63. The van der Waals surface area contributed by atoms with Crippen molar-refractivity contribution in [3.63, 3.8) is 0 Å². The zero-order valence-corrected chi connectivity index (χ0v) is 14.1. The standard InChI is InChI=1S/C17H25N3O4/c1-23-16-9-13(18-11-19-16)8-14-2-3-15(24-14)10-20-6-4-12(5-7-20)17(21)22/h9,11-12,14-15H,2-8,10H2,1H3,(H,21,22)/t14-,15+/m0/s1. The summed E-state index contributed by atoms with van der Waals surface area (Å²) in [6, 6.07) is 1.85. The normalized spacial score (nSPS) is 25.7. The fraction of sp³-hybridized carbons (Fsp3) is 0.706. The molecule has 1 N–H and O–H groups in total. The van der Waals surface area contributed by atoms with Crippen molar-refractivity contribution in [3.05, 3.63) is 18.1 Å². The van der Waals surface area contributed by atoms with Crippen molar-refractivity contribution in [1.82, 2.24) is 14.9 Å². The van der Waals surface area contributed by atoms with Gasteiger partial charge in [-0.2, -0.15) is 0 Å². The average Bonchev–Trinajstić information content (AvgIpc) is 3.02. The van der Waals surface area contributed by atoms with Crippen LogP contribution in [0.3, 0.4) is 0 Å². The lowest BCUT2D eigenvalue weighted by Crippen LogP contribution is -2.40. The summed E-state index contributed by atoms with van der Waals surface area (Å²) < 4.78 is 11.3. The molecule has 0 saturated carbocycles. The summed E-state index contributed by atoms with van der Waals surface area (Å²) >= 11 is 0. The molecule has 24 heavy (non-hydrogen) atoms. The summed E-state index contributed by atoms with van der Waals surface area (Å²) in [4.78, 5) is 21.6. The minimum atomic E-state index is -0.660. The largest absolute Gasteiger partial charge is 0.481 e. The van der Waals surface area contributed by atoms with E-state index in [9.17, 15) is 4.79 Å². The Hall–Kier alpha value is -1.73. The fourth-order valence-corrected chi connectivity index (χ4v) is 3.55. The maximum absolute atomic E-state index is 11.0. The van der Waals surface area contributed by atoms with Gasteiger partial charge >= 0.3 is 5.97 Å². The van der Waals surface area contributed by atoms with Crippen LogP contribution in [0.4, 0.5) is 0 Å². The first-order valence-electron chi connectivity index (χ1n) is 8.59. The van der Waals surface area contributed by atoms with Crippen molar-refractivity contribution < 1.29 is 19.4 Å². The van der Waals surface area contributed by atoms with E-state index in [-0.39, 0.29) is 18.1 Å². The second-order valence-electron chi connectivity index (χ2n) is 6.63. The second kappa shape index (κ2) is 7.90. The van der Waals surface area contributed by atoms with Crippen LogP contribution in [0.25, 0.3) is 0 Å². The molecule has 7 heteroatoms. The number of ether oxygens (including phenoxy) is 2. The molecule has 0 aromatic carbocycles. The molecule has 0 bridgehead atoms. The van der Waals surface area contributed by atoms with Gasteiger partial charge in [-0.15, -0.1) is 0 Å². The maximum atomic E-state index is 11.0. The number of nitrogens with zero attached hydrogens (tertiary/aromatic N) is 3. The Morgan fingerprint density at radius 3 is 2.75 bits per heavy atom. The number of rotatable bonds is 6. The molecule has 132 valence electrons. The Morgan fingerprint density at radius 1 is 1.29 bits per heavy atom. The predicted molar refractivity (Wildman–Crippen MR) is 87.0 cm³/mol. The molecule has 2 aliphatic rings. The van der Waals surface area contributed by atoms with Gasteiger partial charge in [0.25, 0.3) is 0 Å². The third kappa shape index (κ3) is 4.42. The fourth-order valence-electron chi connectivity index (χ4n) is 3.55. The van der Waals surface area contributed by atoms with Crippen molar-refractivity contribution in [2.45, 2.75) is 44.3 Å². The first-order valence-corrected chi connectivity index (χ1v) is 8.59. The summed E-state index contributed by atoms with van der Waals surface area (Å²) in [7, 11) is 1.60. The topological polar surface area (TPSA) is 84.8 Å². The molecule has 0 unspecified atom stereocenters. The van der Waals surface area contributed by atoms with Crippen LogP contribution in [0, 0.1) is 5.92 Å². The van der Waals surface area contributed by atoms with Crippen molar-refractivity contribution in [1.29, 1.82) is 0 Å². The lowest BCUT2D eigenvalue weighted by atomic mass is 9.97. The SMILES string of the molecule is COc1cc(C[C@@H]2CC[C@H](CN3CCC(C(=O)O)CC3)O2)ncn1. The van der Waals surface area contributed by atoms with Crippen molar-refractivity contribution in [2.24, 2.45) is 5.92 Å². The molecule has 1 aromatic heterocycles. The molecule has 2 fully saturated rings. The van der Waals surface area contributed by atoms with Gasteiger partial charge in [-0.05, 0) is 38.8 Å². The van der Waals surface area contributed by atoms with Crippen LogP contribution in [-0.4, -0.2) is 64.9 Å². The van der Waals surface area contributed by atoms with Gasteiger partial charge in [0, 0.05) is 19.0 Å². The zero-order valence-electron chi connectivity index (χ0n) is 14.1. The van der Waals surface area contributed by atoms with E-state index in [1.807, 2.05) is 6.07 Å². The molecule has 2 aliphatic heterocycles. The molecule has 0 amide bonds. The highest BCUT2D eigenvalue weighted by Gasteiger charge is 2.30. The van der Waals surface area contributed by atoms with Crippen LogP contribution in [-0.2, 0) is 16.0 Å². The Morgan fingerprint density at radius 2 is 2.04 bits per heavy atom. The summed E-state index contributed by atoms with van der Waals surface area (Å²) in [5, 5.41) is 9.06. The molecule has 0 radical (unpaired) electrons. The van der Waals surface area contributed by atoms with E-state index in [0.29, 0.717) is 5.88 Å². The van der Waals surface area contributed by atoms with Crippen LogP contribution in [0.1, 0.15) is 31.4 Å². The highest BCUT2D eigenvalue weighted by Crippen LogP contribution is 2.25. The van der Waals surface area contributed by atoms with Gasteiger partial charge in [-0.25, -0.2) is 9.97 Å². The monoisotopic (exact) mass is 335 g/mol. The lowest BCUT2D eigenvalue weighted by molar-refractivity contribution is -0.143. The molecule has 7 nitrogen and oxygen atoms in total. The van der Waals surface area contributed by atoms with Crippen LogP contribution in [0.5, 0.6) is 5.88 Å². The van der Waals surface area contributed by atoms with Gasteiger partial charge < -0.3 is 19.5 Å². The highest BCUT2D eigenvalue weighted by molar-refractivity contribution is 5.70. The van der Waals surface area contributed by atoms with Crippen LogP contribution >= 0.6 is 0 Å². The number of methoxy groups -OCH3 is 1. The Kier molecular flexibility index (Phi) is 5.63. The van der Waals surface area contributed by atoms with E-state index in [2.05, 4.69) is 14.9 Å². The molecule has 3 heterocycles. The third-order valence-corrected chi connectivity index (χ3v) is 4.94. The van der Waals surface area contributed by atoms with Gasteiger partial charge in [0.05, 0.1) is 30.9 Å². The van der Waals surface area contributed by atoms with E-state index >= 15 is 0 Å². The molecular weight excluding hydrogens is 310 g/mol. The van der Waals surface area contributed by atoms with E-state index in [4.69, 9.17) is 14.6 Å². The Bertz CT molecular complexity index is 561. The molecule has 0 aliphatic carbocycles. The zero-order chi connectivity index (χ0) is 16.9. The Balaban J connectivity index is 1.43. The number of aliphatic carboxylic acids is 1. The van der Waals surface area contributed by atoms with Crippen molar-refractivity contribution >= 4 is 5.97 Å². The number of piperidine rings is 1. The molecule has 0 spiro atoms. The highest BCUT2D eigenvalue weighted by atomic mass is 16.5. The van der Waals surface area contributed by atoms with Gasteiger partial charge in [-0.3, -0.25) is 4.79 Å². The van der Waals surface area contributed by atoms with Gasteiger partial charge in [0.15, 0.2) is 0 Å². The molecule has 1 aromatic rings. The smallest absolute Gasteiger partial charge is 0.306 e. The van der Waals surface area contributed by atoms with E-state index in [1.54, 1.807) is 7.11 Å². The summed E-state index contributed by atoms with van der Waals surface area (Å²) in [5.74, 6) is -0.255. The van der Waals surface area contributed by atoms with Gasteiger partial charge in [-0.1, -0.05) is 0 Å². The number of hydrogen-bond donors (Lipinski definition) is 1. The summed E-state index contributed by atoms with van der Waals surface area (Å²) in [5.41, 5.74) is 0.940. The molecule has 2 atom stereocenters. The number of aromatic nitrogens is 2. The summed E-state index contributed by atoms with van der Waals surface area (Å²) in [6.07, 6.45) is 6.28.